The summed E-state index contributed by atoms with van der Waals surface area (Å²) in [5, 5.41) is 0. The predicted molar refractivity (Wildman–Crippen MR) is 45.6 cm³/mol. The molecule has 4 N–H and O–H groups in total. The molecule has 0 fully saturated rings. The summed E-state index contributed by atoms with van der Waals surface area (Å²) in [7, 11) is 0. The smallest absolute Gasteiger partial charge is 0.0238 e. The van der Waals surface area contributed by atoms with Crippen molar-refractivity contribution >= 4 is 0 Å². The second-order valence-electron chi connectivity index (χ2n) is 2.15. The SMILES string of the molecule is C/C=C\C=C/C(N)CCN. The van der Waals surface area contributed by atoms with Crippen LogP contribution >= 0.6 is 0 Å². The zero-order valence-corrected chi connectivity index (χ0v) is 6.46. The van der Waals surface area contributed by atoms with Gasteiger partial charge in [-0.15, -0.1) is 0 Å². The molecule has 2 nitrogen and oxygen atoms in total. The fraction of sp³-hybridized carbons (Fsp3) is 0.500. The van der Waals surface area contributed by atoms with Gasteiger partial charge in [-0.2, -0.15) is 0 Å². The third-order valence-electron chi connectivity index (χ3n) is 1.16. The molecule has 0 saturated carbocycles. The number of hydrogen-bond donors (Lipinski definition) is 2. The molecule has 0 rings (SSSR count). The molecule has 0 aromatic rings. The van der Waals surface area contributed by atoms with Gasteiger partial charge in [0.15, 0.2) is 0 Å². The van der Waals surface area contributed by atoms with Gasteiger partial charge >= 0.3 is 0 Å². The number of hydrogen-bond acceptors (Lipinski definition) is 2. The summed E-state index contributed by atoms with van der Waals surface area (Å²) in [6.45, 7) is 2.63. The Bertz CT molecular complexity index is 116. The van der Waals surface area contributed by atoms with Gasteiger partial charge in [0.05, 0.1) is 0 Å². The molecule has 0 amide bonds. The first-order valence-corrected chi connectivity index (χ1v) is 3.56. The molecular weight excluding hydrogens is 124 g/mol. The van der Waals surface area contributed by atoms with Gasteiger partial charge < -0.3 is 11.5 Å². The van der Waals surface area contributed by atoms with Crippen molar-refractivity contribution in [3.05, 3.63) is 24.3 Å². The lowest BCUT2D eigenvalue weighted by Crippen LogP contribution is -2.20. The lowest BCUT2D eigenvalue weighted by molar-refractivity contribution is 0.731. The monoisotopic (exact) mass is 140 g/mol. The molecule has 0 saturated heterocycles. The maximum Gasteiger partial charge on any atom is 0.0238 e. The van der Waals surface area contributed by atoms with E-state index in [1.807, 2.05) is 31.2 Å². The molecule has 0 heterocycles. The van der Waals surface area contributed by atoms with Gasteiger partial charge in [-0.1, -0.05) is 24.3 Å². The van der Waals surface area contributed by atoms with E-state index in [0.717, 1.165) is 6.42 Å². The topological polar surface area (TPSA) is 52.0 Å². The molecule has 1 atom stereocenters. The van der Waals surface area contributed by atoms with E-state index in [4.69, 9.17) is 11.5 Å². The summed E-state index contributed by atoms with van der Waals surface area (Å²) < 4.78 is 0. The first-order valence-electron chi connectivity index (χ1n) is 3.56. The zero-order chi connectivity index (χ0) is 7.82. The Morgan fingerprint density at radius 1 is 1.40 bits per heavy atom. The van der Waals surface area contributed by atoms with E-state index in [-0.39, 0.29) is 6.04 Å². The first-order chi connectivity index (χ1) is 4.81. The van der Waals surface area contributed by atoms with Gasteiger partial charge in [-0.05, 0) is 19.9 Å². The van der Waals surface area contributed by atoms with Crippen LogP contribution in [0.4, 0.5) is 0 Å². The quantitative estimate of drug-likeness (QED) is 0.567. The third kappa shape index (κ3) is 5.54. The Morgan fingerprint density at radius 2 is 2.10 bits per heavy atom. The van der Waals surface area contributed by atoms with Crippen molar-refractivity contribution in [2.45, 2.75) is 19.4 Å². The van der Waals surface area contributed by atoms with Crippen molar-refractivity contribution in [1.82, 2.24) is 0 Å². The average Bonchev–Trinajstić information content (AvgIpc) is 1.89. The normalized spacial score (nSPS) is 15.1. The lowest BCUT2D eigenvalue weighted by Gasteiger charge is -2.00. The van der Waals surface area contributed by atoms with Gasteiger partial charge in [0.1, 0.15) is 0 Å². The number of nitrogens with two attached hydrogens (primary N) is 2. The van der Waals surface area contributed by atoms with E-state index in [0.29, 0.717) is 6.54 Å². The largest absolute Gasteiger partial charge is 0.330 e. The maximum atomic E-state index is 5.62. The minimum absolute atomic E-state index is 0.112. The van der Waals surface area contributed by atoms with Crippen LogP contribution in [-0.4, -0.2) is 12.6 Å². The van der Waals surface area contributed by atoms with E-state index in [1.165, 1.54) is 0 Å². The molecule has 1 unspecified atom stereocenters. The highest BCUT2D eigenvalue weighted by atomic mass is 14.6. The van der Waals surface area contributed by atoms with Crippen molar-refractivity contribution in [3.63, 3.8) is 0 Å². The molecule has 10 heavy (non-hydrogen) atoms. The molecule has 58 valence electrons. The lowest BCUT2D eigenvalue weighted by atomic mass is 10.2. The van der Waals surface area contributed by atoms with Crippen LogP contribution in [0.15, 0.2) is 24.3 Å². The van der Waals surface area contributed by atoms with Crippen LogP contribution < -0.4 is 11.5 Å². The molecule has 0 aliphatic heterocycles. The highest BCUT2D eigenvalue weighted by Crippen LogP contribution is 1.87. The Kier molecular flexibility index (Phi) is 6.13. The predicted octanol–water partition coefficient (Wildman–Crippen LogP) is 0.795. The first kappa shape index (κ1) is 9.40. The highest BCUT2D eigenvalue weighted by Gasteiger charge is 1.91. The number of rotatable bonds is 4. The van der Waals surface area contributed by atoms with Crippen LogP contribution in [0.25, 0.3) is 0 Å². The summed E-state index contributed by atoms with van der Waals surface area (Å²) in [6.07, 6.45) is 8.67. The summed E-state index contributed by atoms with van der Waals surface area (Å²) in [6, 6.07) is 0.112. The third-order valence-corrected chi connectivity index (χ3v) is 1.16. The number of allylic oxidation sites excluding steroid dienone is 3. The van der Waals surface area contributed by atoms with Crippen molar-refractivity contribution in [3.8, 4) is 0 Å². The standard InChI is InChI=1S/C8H16N2/c1-2-3-4-5-8(10)6-7-9/h2-5,8H,6-7,9-10H2,1H3/b3-2-,5-4-. The maximum absolute atomic E-state index is 5.62. The summed E-state index contributed by atoms with van der Waals surface area (Å²) in [4.78, 5) is 0. The minimum atomic E-state index is 0.112. The van der Waals surface area contributed by atoms with Crippen molar-refractivity contribution < 1.29 is 0 Å². The van der Waals surface area contributed by atoms with Crippen molar-refractivity contribution in [2.24, 2.45) is 11.5 Å². The van der Waals surface area contributed by atoms with E-state index >= 15 is 0 Å². The summed E-state index contributed by atoms with van der Waals surface area (Å²) in [5.74, 6) is 0. The van der Waals surface area contributed by atoms with Gasteiger partial charge in [0, 0.05) is 6.04 Å². The average molecular weight is 140 g/mol. The molecule has 0 aliphatic rings. The molecule has 0 aromatic heterocycles. The van der Waals surface area contributed by atoms with Crippen LogP contribution in [0.3, 0.4) is 0 Å². The molecule has 0 aliphatic carbocycles. The van der Waals surface area contributed by atoms with E-state index < -0.39 is 0 Å². The zero-order valence-electron chi connectivity index (χ0n) is 6.46. The summed E-state index contributed by atoms with van der Waals surface area (Å²) >= 11 is 0. The summed E-state index contributed by atoms with van der Waals surface area (Å²) in [5.41, 5.74) is 10.9. The van der Waals surface area contributed by atoms with Crippen molar-refractivity contribution in [1.29, 1.82) is 0 Å². The Balaban J connectivity index is 3.44. The van der Waals surface area contributed by atoms with E-state index in [2.05, 4.69) is 0 Å². The second-order valence-corrected chi connectivity index (χ2v) is 2.15. The van der Waals surface area contributed by atoms with Gasteiger partial charge in [-0.25, -0.2) is 0 Å². The molecule has 0 spiro atoms. The van der Waals surface area contributed by atoms with Gasteiger partial charge in [0.2, 0.25) is 0 Å². The Labute approximate surface area is 62.6 Å². The Hall–Kier alpha value is -0.600. The molecule has 0 aromatic carbocycles. The van der Waals surface area contributed by atoms with Crippen molar-refractivity contribution in [2.75, 3.05) is 6.54 Å². The van der Waals surface area contributed by atoms with E-state index in [1.54, 1.807) is 0 Å². The van der Waals surface area contributed by atoms with E-state index in [9.17, 15) is 0 Å². The highest BCUT2D eigenvalue weighted by molar-refractivity contribution is 5.04. The van der Waals surface area contributed by atoms with Crippen LogP contribution in [0.2, 0.25) is 0 Å². The van der Waals surface area contributed by atoms with Gasteiger partial charge in [-0.3, -0.25) is 0 Å². The van der Waals surface area contributed by atoms with Crippen LogP contribution in [0, 0.1) is 0 Å². The Morgan fingerprint density at radius 3 is 2.60 bits per heavy atom. The molecular formula is C8H16N2. The molecule has 0 radical (unpaired) electrons. The molecule has 0 bridgehead atoms. The second kappa shape index (κ2) is 6.52. The fourth-order valence-corrected chi connectivity index (χ4v) is 0.607. The van der Waals surface area contributed by atoms with Gasteiger partial charge in [0.25, 0.3) is 0 Å². The van der Waals surface area contributed by atoms with Crippen LogP contribution in [-0.2, 0) is 0 Å². The molecule has 2 heteroatoms. The fourth-order valence-electron chi connectivity index (χ4n) is 0.607. The van der Waals surface area contributed by atoms with Crippen LogP contribution in [0.5, 0.6) is 0 Å². The van der Waals surface area contributed by atoms with Crippen LogP contribution in [0.1, 0.15) is 13.3 Å². The minimum Gasteiger partial charge on any atom is -0.330 e.